The highest BCUT2D eigenvalue weighted by atomic mass is 127. The Morgan fingerprint density at radius 1 is 0.952 bits per heavy atom. The second-order valence-electron chi connectivity index (χ2n) is 4.96. The average Bonchev–Trinajstić information content (AvgIpc) is 2.45. The standard InChI is InChI=1S/C16H26IO3P/c1-3-19-21(18,20-4-2)14-8-6-5-7-9-15-10-12-16(17)13-11-15/h10-13H,3-9,14H2,1-2H3. The molecule has 0 aliphatic carbocycles. The van der Waals surface area contributed by atoms with Crippen LogP contribution in [-0.2, 0) is 20.0 Å². The van der Waals surface area contributed by atoms with E-state index in [2.05, 4.69) is 46.9 Å². The van der Waals surface area contributed by atoms with E-state index in [0.717, 1.165) is 25.7 Å². The van der Waals surface area contributed by atoms with Gasteiger partial charge in [0.25, 0.3) is 0 Å². The van der Waals surface area contributed by atoms with Crippen LogP contribution in [-0.4, -0.2) is 19.4 Å². The molecule has 0 spiro atoms. The van der Waals surface area contributed by atoms with Crippen LogP contribution in [0.2, 0.25) is 0 Å². The predicted octanol–water partition coefficient (Wildman–Crippen LogP) is 5.66. The Balaban J connectivity index is 2.16. The van der Waals surface area contributed by atoms with Gasteiger partial charge in [-0.1, -0.05) is 25.0 Å². The second-order valence-corrected chi connectivity index (χ2v) is 8.39. The van der Waals surface area contributed by atoms with E-state index < -0.39 is 7.60 Å². The van der Waals surface area contributed by atoms with Crippen LogP contribution in [0.15, 0.2) is 24.3 Å². The number of unbranched alkanes of at least 4 members (excludes halogenated alkanes) is 3. The molecule has 0 radical (unpaired) electrons. The van der Waals surface area contributed by atoms with Crippen molar-refractivity contribution in [2.75, 3.05) is 19.4 Å². The molecular weight excluding hydrogens is 398 g/mol. The summed E-state index contributed by atoms with van der Waals surface area (Å²) in [6.07, 6.45) is 5.97. The third kappa shape index (κ3) is 8.34. The maximum Gasteiger partial charge on any atom is 0.330 e. The zero-order chi connectivity index (χ0) is 15.6. The molecule has 0 aliphatic rings. The number of halogens is 1. The molecule has 0 fully saturated rings. The minimum Gasteiger partial charge on any atom is -0.309 e. The molecule has 1 aromatic rings. The summed E-state index contributed by atoms with van der Waals surface area (Å²) in [4.78, 5) is 0. The van der Waals surface area contributed by atoms with Gasteiger partial charge in [-0.3, -0.25) is 4.57 Å². The van der Waals surface area contributed by atoms with Gasteiger partial charge in [-0.05, 0) is 73.4 Å². The summed E-state index contributed by atoms with van der Waals surface area (Å²) in [5, 5.41) is 0. The van der Waals surface area contributed by atoms with Crippen molar-refractivity contribution in [3.63, 3.8) is 0 Å². The highest BCUT2D eigenvalue weighted by Gasteiger charge is 2.22. The van der Waals surface area contributed by atoms with E-state index in [0.29, 0.717) is 19.4 Å². The zero-order valence-electron chi connectivity index (χ0n) is 13.0. The van der Waals surface area contributed by atoms with Crippen LogP contribution in [0.25, 0.3) is 0 Å². The Kier molecular flexibility index (Phi) is 9.81. The van der Waals surface area contributed by atoms with E-state index in [4.69, 9.17) is 9.05 Å². The molecule has 0 atom stereocenters. The second kappa shape index (κ2) is 10.8. The molecule has 0 aromatic heterocycles. The van der Waals surface area contributed by atoms with Crippen molar-refractivity contribution in [1.82, 2.24) is 0 Å². The van der Waals surface area contributed by atoms with Gasteiger partial charge in [0.1, 0.15) is 0 Å². The summed E-state index contributed by atoms with van der Waals surface area (Å²) in [5.41, 5.74) is 1.39. The molecular formula is C16H26IO3P. The van der Waals surface area contributed by atoms with E-state index in [-0.39, 0.29) is 0 Å². The van der Waals surface area contributed by atoms with E-state index in [1.54, 1.807) is 0 Å². The van der Waals surface area contributed by atoms with Crippen molar-refractivity contribution in [2.24, 2.45) is 0 Å². The Morgan fingerprint density at radius 3 is 2.10 bits per heavy atom. The Labute approximate surface area is 142 Å². The van der Waals surface area contributed by atoms with Gasteiger partial charge in [0.15, 0.2) is 0 Å². The van der Waals surface area contributed by atoms with Crippen LogP contribution < -0.4 is 0 Å². The quantitative estimate of drug-likeness (QED) is 0.261. The Morgan fingerprint density at radius 2 is 1.52 bits per heavy atom. The topological polar surface area (TPSA) is 35.5 Å². The number of aryl methyl sites for hydroxylation is 1. The smallest absolute Gasteiger partial charge is 0.309 e. The summed E-state index contributed by atoms with van der Waals surface area (Å²) in [7, 11) is -2.83. The van der Waals surface area contributed by atoms with Gasteiger partial charge in [0, 0.05) is 3.57 Å². The van der Waals surface area contributed by atoms with Crippen molar-refractivity contribution >= 4 is 30.2 Å². The fourth-order valence-electron chi connectivity index (χ4n) is 2.20. The molecule has 0 aliphatic heterocycles. The van der Waals surface area contributed by atoms with Gasteiger partial charge >= 0.3 is 7.60 Å². The lowest BCUT2D eigenvalue weighted by molar-refractivity contribution is 0.219. The van der Waals surface area contributed by atoms with Crippen LogP contribution in [0.3, 0.4) is 0 Å². The minimum atomic E-state index is -2.83. The van der Waals surface area contributed by atoms with Gasteiger partial charge in [-0.2, -0.15) is 0 Å². The van der Waals surface area contributed by atoms with Crippen molar-refractivity contribution in [2.45, 2.75) is 46.0 Å². The van der Waals surface area contributed by atoms with Crippen LogP contribution in [0.5, 0.6) is 0 Å². The molecule has 1 aromatic carbocycles. The first-order valence-corrected chi connectivity index (χ1v) is 10.5. The summed E-state index contributed by atoms with van der Waals surface area (Å²) in [6.45, 7) is 4.60. The van der Waals surface area contributed by atoms with Crippen LogP contribution >= 0.6 is 30.2 Å². The van der Waals surface area contributed by atoms with Gasteiger partial charge in [-0.25, -0.2) is 0 Å². The molecule has 0 saturated heterocycles. The molecule has 5 heteroatoms. The van der Waals surface area contributed by atoms with Crippen LogP contribution in [0.1, 0.15) is 45.1 Å². The lowest BCUT2D eigenvalue weighted by Crippen LogP contribution is -2.00. The third-order valence-electron chi connectivity index (χ3n) is 3.21. The zero-order valence-corrected chi connectivity index (χ0v) is 16.1. The molecule has 0 unspecified atom stereocenters. The fourth-order valence-corrected chi connectivity index (χ4v) is 4.29. The summed E-state index contributed by atoms with van der Waals surface area (Å²) >= 11 is 2.32. The van der Waals surface area contributed by atoms with Crippen molar-refractivity contribution in [1.29, 1.82) is 0 Å². The van der Waals surface area contributed by atoms with Crippen molar-refractivity contribution in [3.05, 3.63) is 33.4 Å². The highest BCUT2D eigenvalue weighted by Crippen LogP contribution is 2.48. The van der Waals surface area contributed by atoms with Gasteiger partial charge < -0.3 is 9.05 Å². The van der Waals surface area contributed by atoms with Crippen molar-refractivity contribution < 1.29 is 13.6 Å². The maximum atomic E-state index is 12.3. The highest BCUT2D eigenvalue weighted by molar-refractivity contribution is 14.1. The molecule has 3 nitrogen and oxygen atoms in total. The molecule has 0 heterocycles. The molecule has 120 valence electrons. The van der Waals surface area contributed by atoms with E-state index in [9.17, 15) is 4.57 Å². The molecule has 1 rings (SSSR count). The summed E-state index contributed by atoms with van der Waals surface area (Å²) in [6, 6.07) is 8.69. The van der Waals surface area contributed by atoms with Gasteiger partial charge in [0.2, 0.25) is 0 Å². The lowest BCUT2D eigenvalue weighted by Gasteiger charge is -2.16. The van der Waals surface area contributed by atoms with E-state index in [1.165, 1.54) is 15.6 Å². The summed E-state index contributed by atoms with van der Waals surface area (Å²) < 4.78 is 24.1. The Hall–Kier alpha value is 0.1000. The summed E-state index contributed by atoms with van der Waals surface area (Å²) in [5.74, 6) is 0. The third-order valence-corrected chi connectivity index (χ3v) is 6.10. The fraction of sp³-hybridized carbons (Fsp3) is 0.625. The predicted molar refractivity (Wildman–Crippen MR) is 97.1 cm³/mol. The first-order valence-electron chi connectivity index (χ1n) is 7.72. The monoisotopic (exact) mass is 424 g/mol. The normalized spacial score (nSPS) is 11.8. The molecule has 0 amide bonds. The van der Waals surface area contributed by atoms with E-state index in [1.807, 2.05) is 13.8 Å². The van der Waals surface area contributed by atoms with Crippen LogP contribution in [0, 0.1) is 3.57 Å². The molecule has 0 bridgehead atoms. The SMILES string of the molecule is CCOP(=O)(CCCCCCc1ccc(I)cc1)OCC. The molecule has 0 N–H and O–H groups in total. The Bertz CT molecular complexity index is 424. The maximum absolute atomic E-state index is 12.3. The number of rotatable bonds is 11. The van der Waals surface area contributed by atoms with E-state index >= 15 is 0 Å². The molecule has 21 heavy (non-hydrogen) atoms. The largest absolute Gasteiger partial charge is 0.330 e. The number of benzene rings is 1. The van der Waals surface area contributed by atoms with Crippen molar-refractivity contribution in [3.8, 4) is 0 Å². The molecule has 0 saturated carbocycles. The first kappa shape index (κ1) is 19.1. The van der Waals surface area contributed by atoms with Gasteiger partial charge in [0.05, 0.1) is 19.4 Å². The number of hydrogen-bond acceptors (Lipinski definition) is 3. The average molecular weight is 424 g/mol. The van der Waals surface area contributed by atoms with Crippen LogP contribution in [0.4, 0.5) is 0 Å². The minimum absolute atomic E-state index is 0.448. The first-order chi connectivity index (χ1) is 10.1. The lowest BCUT2D eigenvalue weighted by atomic mass is 10.1. The van der Waals surface area contributed by atoms with Gasteiger partial charge in [-0.15, -0.1) is 0 Å². The number of hydrogen-bond donors (Lipinski definition) is 0.